The van der Waals surface area contributed by atoms with Crippen LogP contribution in [-0.2, 0) is 6.42 Å². The lowest BCUT2D eigenvalue weighted by molar-refractivity contribution is 0.332. The van der Waals surface area contributed by atoms with Crippen LogP contribution in [0.25, 0.3) is 0 Å². The highest BCUT2D eigenvalue weighted by Gasteiger charge is 2.18. The summed E-state index contributed by atoms with van der Waals surface area (Å²) in [6.07, 6.45) is 5.63. The second-order valence-electron chi connectivity index (χ2n) is 4.58. The molecule has 1 aromatic rings. The number of hydrogen-bond acceptors (Lipinski definition) is 2. The monoisotopic (exact) mass is 204 g/mol. The zero-order chi connectivity index (χ0) is 10.7. The van der Waals surface area contributed by atoms with Crippen LogP contribution in [0.15, 0.2) is 18.3 Å². The first-order valence-electron chi connectivity index (χ1n) is 5.97. The van der Waals surface area contributed by atoms with Gasteiger partial charge < -0.3 is 5.32 Å². The number of nitrogens with one attached hydrogen (secondary N) is 1. The maximum atomic E-state index is 4.45. The van der Waals surface area contributed by atoms with Crippen LogP contribution in [0.4, 0.5) is 0 Å². The smallest absolute Gasteiger partial charge is 0.0401 e. The number of piperidine rings is 1. The Hall–Kier alpha value is -0.890. The van der Waals surface area contributed by atoms with E-state index in [0.29, 0.717) is 6.04 Å². The Morgan fingerprint density at radius 2 is 2.27 bits per heavy atom. The second-order valence-corrected chi connectivity index (χ2v) is 4.58. The molecule has 2 heteroatoms. The van der Waals surface area contributed by atoms with Gasteiger partial charge in [0.25, 0.3) is 0 Å². The number of nitrogens with zero attached hydrogens (tertiary/aromatic N) is 1. The minimum Gasteiger partial charge on any atom is -0.310 e. The molecule has 1 aliphatic rings. The molecule has 2 atom stereocenters. The number of rotatable bonds is 2. The minimum absolute atomic E-state index is 0.527. The highest BCUT2D eigenvalue weighted by atomic mass is 14.9. The van der Waals surface area contributed by atoms with Crippen molar-refractivity contribution in [2.75, 3.05) is 6.54 Å². The standard InChI is InChI=1S/C13H20N2/c1-3-12-6-5-11(9-14-12)13-7-4-10(2)8-15-13/h5-6,9-10,13,15H,3-4,7-8H2,1-2H3. The maximum absolute atomic E-state index is 4.45. The van der Waals surface area contributed by atoms with E-state index in [1.807, 2.05) is 6.20 Å². The highest BCUT2D eigenvalue weighted by Crippen LogP contribution is 2.24. The molecule has 15 heavy (non-hydrogen) atoms. The van der Waals surface area contributed by atoms with Crippen molar-refractivity contribution in [1.82, 2.24) is 10.3 Å². The topological polar surface area (TPSA) is 24.9 Å². The number of aromatic nitrogens is 1. The van der Waals surface area contributed by atoms with E-state index in [9.17, 15) is 0 Å². The molecule has 0 saturated carbocycles. The summed E-state index contributed by atoms with van der Waals surface area (Å²) >= 11 is 0. The summed E-state index contributed by atoms with van der Waals surface area (Å²) in [5.41, 5.74) is 2.53. The van der Waals surface area contributed by atoms with E-state index < -0.39 is 0 Å². The Morgan fingerprint density at radius 1 is 1.40 bits per heavy atom. The Labute approximate surface area is 92.1 Å². The van der Waals surface area contributed by atoms with E-state index in [0.717, 1.165) is 18.9 Å². The summed E-state index contributed by atoms with van der Waals surface area (Å²) in [6, 6.07) is 4.90. The fraction of sp³-hybridized carbons (Fsp3) is 0.615. The Kier molecular flexibility index (Phi) is 3.37. The first-order valence-corrected chi connectivity index (χ1v) is 5.97. The van der Waals surface area contributed by atoms with Crippen molar-refractivity contribution in [3.63, 3.8) is 0 Å². The summed E-state index contributed by atoms with van der Waals surface area (Å²) in [4.78, 5) is 4.45. The predicted molar refractivity (Wildman–Crippen MR) is 62.8 cm³/mol. The highest BCUT2D eigenvalue weighted by molar-refractivity contribution is 5.18. The van der Waals surface area contributed by atoms with Gasteiger partial charge in [0.1, 0.15) is 0 Å². The average Bonchev–Trinajstić information content (AvgIpc) is 2.30. The fourth-order valence-electron chi connectivity index (χ4n) is 2.13. The molecule has 2 rings (SSSR count). The van der Waals surface area contributed by atoms with Gasteiger partial charge in [0, 0.05) is 17.9 Å². The lowest BCUT2D eigenvalue weighted by Crippen LogP contribution is -2.31. The van der Waals surface area contributed by atoms with Gasteiger partial charge in [0.15, 0.2) is 0 Å². The lowest BCUT2D eigenvalue weighted by Gasteiger charge is -2.27. The van der Waals surface area contributed by atoms with E-state index in [1.165, 1.54) is 24.1 Å². The van der Waals surface area contributed by atoms with Gasteiger partial charge in [-0.15, -0.1) is 0 Å². The minimum atomic E-state index is 0.527. The molecule has 0 radical (unpaired) electrons. The van der Waals surface area contributed by atoms with Gasteiger partial charge >= 0.3 is 0 Å². The third kappa shape index (κ3) is 2.57. The summed E-state index contributed by atoms with van der Waals surface area (Å²) in [7, 11) is 0. The molecule has 82 valence electrons. The van der Waals surface area contributed by atoms with Gasteiger partial charge in [-0.3, -0.25) is 4.98 Å². The van der Waals surface area contributed by atoms with Gasteiger partial charge in [-0.05, 0) is 43.4 Å². The van der Waals surface area contributed by atoms with Crippen molar-refractivity contribution in [2.24, 2.45) is 5.92 Å². The van der Waals surface area contributed by atoms with Gasteiger partial charge in [0.05, 0.1) is 0 Å². The van der Waals surface area contributed by atoms with Gasteiger partial charge in [-0.2, -0.15) is 0 Å². The molecule has 0 aromatic carbocycles. The van der Waals surface area contributed by atoms with Crippen LogP contribution in [0.3, 0.4) is 0 Å². The molecule has 2 heterocycles. The van der Waals surface area contributed by atoms with E-state index in [-0.39, 0.29) is 0 Å². The first-order chi connectivity index (χ1) is 7.29. The molecule has 2 nitrogen and oxygen atoms in total. The predicted octanol–water partition coefficient (Wildman–Crippen LogP) is 2.70. The van der Waals surface area contributed by atoms with Crippen molar-refractivity contribution in [1.29, 1.82) is 0 Å². The fourth-order valence-corrected chi connectivity index (χ4v) is 2.13. The Balaban J connectivity index is 2.03. The van der Waals surface area contributed by atoms with Crippen LogP contribution in [0.2, 0.25) is 0 Å². The van der Waals surface area contributed by atoms with E-state index in [1.54, 1.807) is 0 Å². The van der Waals surface area contributed by atoms with Gasteiger partial charge in [-0.1, -0.05) is 19.9 Å². The first kappa shape index (κ1) is 10.6. The van der Waals surface area contributed by atoms with Gasteiger partial charge in [-0.25, -0.2) is 0 Å². The normalized spacial score (nSPS) is 26.5. The summed E-state index contributed by atoms with van der Waals surface area (Å²) in [5.74, 6) is 0.823. The molecule has 0 aliphatic carbocycles. The number of pyridine rings is 1. The molecule has 0 spiro atoms. The van der Waals surface area contributed by atoms with E-state index >= 15 is 0 Å². The maximum Gasteiger partial charge on any atom is 0.0401 e. The largest absolute Gasteiger partial charge is 0.310 e. The molecule has 2 unspecified atom stereocenters. The van der Waals surface area contributed by atoms with Crippen LogP contribution in [-0.4, -0.2) is 11.5 Å². The average molecular weight is 204 g/mol. The van der Waals surface area contributed by atoms with Gasteiger partial charge in [0.2, 0.25) is 0 Å². The molecule has 0 bridgehead atoms. The number of aryl methyl sites for hydroxylation is 1. The number of hydrogen-bond donors (Lipinski definition) is 1. The third-order valence-electron chi connectivity index (χ3n) is 3.27. The van der Waals surface area contributed by atoms with Crippen LogP contribution in [0, 0.1) is 5.92 Å². The molecular weight excluding hydrogens is 184 g/mol. The molecule has 0 amide bonds. The van der Waals surface area contributed by atoms with Crippen molar-refractivity contribution >= 4 is 0 Å². The lowest BCUT2D eigenvalue weighted by atomic mass is 9.93. The van der Waals surface area contributed by atoms with Crippen LogP contribution < -0.4 is 5.32 Å². The van der Waals surface area contributed by atoms with Crippen LogP contribution in [0.5, 0.6) is 0 Å². The molecule has 1 aliphatic heterocycles. The van der Waals surface area contributed by atoms with E-state index in [4.69, 9.17) is 0 Å². The molecule has 1 N–H and O–H groups in total. The van der Waals surface area contributed by atoms with Crippen molar-refractivity contribution in [2.45, 2.75) is 39.2 Å². The molecule has 1 saturated heterocycles. The second kappa shape index (κ2) is 4.75. The Bertz CT molecular complexity index is 297. The van der Waals surface area contributed by atoms with Crippen LogP contribution in [0.1, 0.15) is 44.0 Å². The summed E-state index contributed by atoms with van der Waals surface area (Å²) < 4.78 is 0. The molecule has 1 fully saturated rings. The van der Waals surface area contributed by atoms with Crippen LogP contribution >= 0.6 is 0 Å². The molecular formula is C13H20N2. The van der Waals surface area contributed by atoms with Crippen molar-refractivity contribution < 1.29 is 0 Å². The SMILES string of the molecule is CCc1ccc(C2CCC(C)CN2)cn1. The zero-order valence-electron chi connectivity index (χ0n) is 9.66. The quantitative estimate of drug-likeness (QED) is 0.801. The van der Waals surface area contributed by atoms with Crippen molar-refractivity contribution in [3.05, 3.63) is 29.6 Å². The van der Waals surface area contributed by atoms with Crippen molar-refractivity contribution in [3.8, 4) is 0 Å². The van der Waals surface area contributed by atoms with E-state index in [2.05, 4.69) is 36.3 Å². The summed E-state index contributed by atoms with van der Waals surface area (Å²) in [6.45, 7) is 5.59. The molecule has 1 aromatic heterocycles. The third-order valence-corrected chi connectivity index (χ3v) is 3.27. The summed E-state index contributed by atoms with van der Waals surface area (Å²) in [5, 5.41) is 3.58. The Morgan fingerprint density at radius 3 is 2.80 bits per heavy atom. The zero-order valence-corrected chi connectivity index (χ0v) is 9.66.